The molecule has 1 rings (SSSR count). The summed E-state index contributed by atoms with van der Waals surface area (Å²) in [4.78, 5) is 57.8. The third-order valence-electron chi connectivity index (χ3n) is 6.14. The number of hydrogen-bond acceptors (Lipinski definition) is 12. The van der Waals surface area contributed by atoms with E-state index in [1.54, 1.807) is 24.3 Å². The van der Waals surface area contributed by atoms with Crippen molar-refractivity contribution < 1.29 is 39.6 Å². The summed E-state index contributed by atoms with van der Waals surface area (Å²) >= 11 is 0. The minimum atomic E-state index is -3.12. The van der Waals surface area contributed by atoms with Crippen molar-refractivity contribution in [1.29, 1.82) is 0 Å². The summed E-state index contributed by atoms with van der Waals surface area (Å²) < 4.78 is 0. The number of carbonyl (C=O) groups excluding carboxylic acids is 4. The van der Waals surface area contributed by atoms with Crippen LogP contribution in [0.4, 0.5) is 0 Å². The molecule has 2 unspecified atom stereocenters. The van der Waals surface area contributed by atoms with Crippen molar-refractivity contribution >= 4 is 24.3 Å². The number of isocyanates is 4. The molecule has 0 radical (unpaired) electrons. The maximum atomic E-state index is 11.3. The van der Waals surface area contributed by atoms with Gasteiger partial charge in [-0.15, -0.1) is 9.98 Å². The molecule has 0 aliphatic rings. The maximum absolute atomic E-state index is 11.3. The van der Waals surface area contributed by atoms with Gasteiger partial charge in [-0.25, -0.2) is 19.2 Å². The average Bonchev–Trinajstić information content (AvgIpc) is 2.82. The summed E-state index contributed by atoms with van der Waals surface area (Å²) in [5.41, 5.74) is -3.44. The van der Waals surface area contributed by atoms with Crippen LogP contribution in [-0.2, 0) is 32.0 Å². The summed E-state index contributed by atoms with van der Waals surface area (Å²) in [7, 11) is 0. The second-order valence-electron chi connectivity index (χ2n) is 8.48. The molecule has 12 heteroatoms. The lowest BCUT2D eigenvalue weighted by Crippen LogP contribution is -2.54. The van der Waals surface area contributed by atoms with Crippen molar-refractivity contribution in [1.82, 2.24) is 0 Å². The fourth-order valence-electron chi connectivity index (χ4n) is 4.07. The molecule has 4 N–H and O–H groups in total. The lowest BCUT2D eigenvalue weighted by atomic mass is 9.77. The molecular formula is C24H30N4O8. The Kier molecular flexibility index (Phi) is 11.6. The van der Waals surface area contributed by atoms with Crippen LogP contribution in [0.1, 0.15) is 63.5 Å². The fraction of sp³-hybridized carbons (Fsp3) is 0.583. The highest BCUT2D eigenvalue weighted by molar-refractivity contribution is 5.42. The predicted molar refractivity (Wildman–Crippen MR) is 125 cm³/mol. The first-order chi connectivity index (χ1) is 17.0. The van der Waals surface area contributed by atoms with Gasteiger partial charge in [-0.05, 0) is 24.0 Å². The molecule has 0 heterocycles. The molecule has 1 aromatic rings. The van der Waals surface area contributed by atoms with Crippen molar-refractivity contribution in [2.24, 2.45) is 20.0 Å². The van der Waals surface area contributed by atoms with Crippen molar-refractivity contribution in [3.8, 4) is 0 Å². The molecule has 0 aliphatic carbocycles. The largest absolute Gasteiger partial charge is 0.345 e. The Morgan fingerprint density at radius 2 is 0.972 bits per heavy atom. The van der Waals surface area contributed by atoms with Crippen molar-refractivity contribution in [3.05, 3.63) is 35.4 Å². The van der Waals surface area contributed by atoms with E-state index in [-0.39, 0.29) is 25.7 Å². The number of benzene rings is 1. The van der Waals surface area contributed by atoms with Crippen LogP contribution in [0.25, 0.3) is 0 Å². The summed E-state index contributed by atoms with van der Waals surface area (Å²) in [6.07, 6.45) is 5.78. The number of aliphatic hydroxyl groups is 4. The van der Waals surface area contributed by atoms with Crippen LogP contribution in [-0.4, -0.2) is 67.6 Å². The minimum Gasteiger partial charge on any atom is -0.345 e. The summed E-state index contributed by atoms with van der Waals surface area (Å²) in [5, 5.41) is 42.5. The molecule has 0 saturated heterocycles. The zero-order valence-electron chi connectivity index (χ0n) is 20.2. The smallest absolute Gasteiger partial charge is 0.302 e. The Morgan fingerprint density at radius 3 is 1.25 bits per heavy atom. The highest BCUT2D eigenvalue weighted by Gasteiger charge is 2.53. The molecule has 36 heavy (non-hydrogen) atoms. The zero-order chi connectivity index (χ0) is 27.3. The molecule has 2 atom stereocenters. The van der Waals surface area contributed by atoms with Gasteiger partial charge in [0.15, 0.2) is 11.1 Å². The van der Waals surface area contributed by atoms with Crippen LogP contribution in [0, 0.1) is 0 Å². The van der Waals surface area contributed by atoms with E-state index < -0.39 is 22.9 Å². The molecule has 0 spiro atoms. The van der Waals surface area contributed by atoms with Gasteiger partial charge in [0, 0.05) is 12.8 Å². The van der Waals surface area contributed by atoms with Gasteiger partial charge in [-0.3, -0.25) is 0 Å². The number of rotatable bonds is 16. The predicted octanol–water partition coefficient (Wildman–Crippen LogP) is 1.25. The lowest BCUT2D eigenvalue weighted by molar-refractivity contribution is -0.205. The van der Waals surface area contributed by atoms with E-state index in [0.717, 1.165) is 12.2 Å². The zero-order valence-corrected chi connectivity index (χ0v) is 20.2. The molecule has 0 aromatic heterocycles. The summed E-state index contributed by atoms with van der Waals surface area (Å²) in [6.45, 7) is 3.63. The van der Waals surface area contributed by atoms with Crippen LogP contribution in [0.5, 0.6) is 0 Å². The Morgan fingerprint density at radius 1 is 0.639 bits per heavy atom. The molecule has 12 nitrogen and oxygen atoms in total. The molecule has 0 aliphatic heterocycles. The van der Waals surface area contributed by atoms with Crippen molar-refractivity contribution in [3.63, 3.8) is 0 Å². The highest BCUT2D eigenvalue weighted by atomic mass is 16.5. The second-order valence-corrected chi connectivity index (χ2v) is 8.48. The van der Waals surface area contributed by atoms with Crippen LogP contribution >= 0.6 is 0 Å². The van der Waals surface area contributed by atoms with Gasteiger partial charge in [0.25, 0.3) is 0 Å². The monoisotopic (exact) mass is 502 g/mol. The second kappa shape index (κ2) is 13.6. The number of unbranched alkanes of at least 4 members (excludes halogenated alkanes) is 2. The third kappa shape index (κ3) is 7.06. The number of nitrogens with zero attached hydrogens (tertiary/aromatic N) is 4. The quantitative estimate of drug-likeness (QED) is 0.147. The Balaban J connectivity index is 3.80. The van der Waals surface area contributed by atoms with Gasteiger partial charge >= 0.3 is 11.8 Å². The molecular weight excluding hydrogens is 472 g/mol. The first-order valence-electron chi connectivity index (χ1n) is 11.4. The van der Waals surface area contributed by atoms with Gasteiger partial charge in [-0.2, -0.15) is 9.98 Å². The van der Waals surface area contributed by atoms with E-state index in [0.29, 0.717) is 36.8 Å². The Hall–Kier alpha value is -3.42. The summed E-state index contributed by atoms with van der Waals surface area (Å²) in [6, 6.07) is 6.29. The molecule has 0 bridgehead atoms. The van der Waals surface area contributed by atoms with Gasteiger partial charge in [-0.1, -0.05) is 63.8 Å². The normalized spacial score (nSPS) is 14.6. The number of hydrogen-bond donors (Lipinski definition) is 4. The molecule has 0 fully saturated rings. The molecule has 194 valence electrons. The Bertz CT molecular complexity index is 996. The SMILES string of the molecule is CCCCC(Cc1ccccc1CC(CCCC)(N=C=O)C(O)(O)N=C=O)(N=C=O)C(O)(O)N=C=O. The Labute approximate surface area is 207 Å². The van der Waals surface area contributed by atoms with Crippen LogP contribution in [0.2, 0.25) is 0 Å². The van der Waals surface area contributed by atoms with Gasteiger partial charge in [0.05, 0.1) is 0 Å². The lowest BCUT2D eigenvalue weighted by Gasteiger charge is -2.38. The van der Waals surface area contributed by atoms with E-state index in [1.165, 1.54) is 12.2 Å². The average molecular weight is 503 g/mol. The van der Waals surface area contributed by atoms with Crippen LogP contribution in [0.15, 0.2) is 44.2 Å². The topological polar surface area (TPSA) is 199 Å². The highest BCUT2D eigenvalue weighted by Crippen LogP contribution is 2.39. The summed E-state index contributed by atoms with van der Waals surface area (Å²) in [5.74, 6) is -6.23. The standard InChI is InChI=1S/C24H30N4O8/c1-3-5-11-21(25-15-29,23(33,34)27-17-31)13-19-9-7-8-10-20(19)14-22(26-16-30,12-6-4-2)24(35,36)28-18-32/h7-10,33-36H,3-6,11-14H2,1-2H3. The van der Waals surface area contributed by atoms with Crippen molar-refractivity contribution in [2.45, 2.75) is 88.1 Å². The molecule has 1 aromatic carbocycles. The van der Waals surface area contributed by atoms with Gasteiger partial charge in [0.2, 0.25) is 24.3 Å². The number of aliphatic imine (C=N–C) groups is 4. The third-order valence-corrected chi connectivity index (χ3v) is 6.14. The first-order valence-corrected chi connectivity index (χ1v) is 11.4. The van der Waals surface area contributed by atoms with Crippen LogP contribution in [0.3, 0.4) is 0 Å². The van der Waals surface area contributed by atoms with E-state index in [4.69, 9.17) is 0 Å². The van der Waals surface area contributed by atoms with E-state index in [1.807, 2.05) is 13.8 Å². The fourth-order valence-corrected chi connectivity index (χ4v) is 4.07. The first kappa shape index (κ1) is 30.6. The van der Waals surface area contributed by atoms with Gasteiger partial charge in [0.1, 0.15) is 0 Å². The maximum Gasteiger partial charge on any atom is 0.302 e. The van der Waals surface area contributed by atoms with Crippen molar-refractivity contribution in [2.75, 3.05) is 0 Å². The van der Waals surface area contributed by atoms with Gasteiger partial charge < -0.3 is 20.4 Å². The minimum absolute atomic E-state index is 0.0852. The van der Waals surface area contributed by atoms with E-state index >= 15 is 0 Å². The van der Waals surface area contributed by atoms with Crippen LogP contribution < -0.4 is 0 Å². The van der Waals surface area contributed by atoms with E-state index in [9.17, 15) is 39.6 Å². The van der Waals surface area contributed by atoms with E-state index in [2.05, 4.69) is 20.0 Å². The molecule has 0 saturated carbocycles. The molecule has 0 amide bonds.